The van der Waals surface area contributed by atoms with Crippen molar-refractivity contribution in [3.05, 3.63) is 12.2 Å². The molecule has 0 radical (unpaired) electrons. The summed E-state index contributed by atoms with van der Waals surface area (Å²) >= 11 is 0. The van der Waals surface area contributed by atoms with Crippen LogP contribution in [0.5, 0.6) is 0 Å². The molecule has 0 aromatic heterocycles. The number of esters is 4. The summed E-state index contributed by atoms with van der Waals surface area (Å²) in [6.07, 6.45) is -0.768. The van der Waals surface area contributed by atoms with Gasteiger partial charge in [0.25, 0.3) is 0 Å². The number of fused-ring (bicyclic) bond motifs is 2. The highest BCUT2D eigenvalue weighted by Crippen LogP contribution is 2.69. The Kier molecular flexibility index (Phi) is 6.31. The Balaban J connectivity index is 1.97. The maximum absolute atomic E-state index is 13.5. The monoisotopic (exact) mass is 492 g/mol. The molecule has 1 N–H and O–H groups in total. The highest BCUT2D eigenvalue weighted by Gasteiger charge is 2.77. The first-order valence-corrected chi connectivity index (χ1v) is 12.3. The van der Waals surface area contributed by atoms with Crippen LogP contribution in [0, 0.1) is 34.0 Å². The van der Waals surface area contributed by atoms with Crippen LogP contribution in [0.2, 0.25) is 0 Å². The molecule has 4 rings (SSSR count). The van der Waals surface area contributed by atoms with E-state index in [0.29, 0.717) is 31.3 Å². The van der Waals surface area contributed by atoms with E-state index in [4.69, 9.17) is 18.9 Å². The lowest BCUT2D eigenvalue weighted by Crippen LogP contribution is -2.72. The number of hydrogen-bond donors (Lipinski definition) is 1. The van der Waals surface area contributed by atoms with E-state index in [0.717, 1.165) is 0 Å². The quantitative estimate of drug-likeness (QED) is 0.357. The molecule has 3 aliphatic carbocycles. The number of cyclic esters (lactones) is 1. The third-order valence-electron chi connectivity index (χ3n) is 9.12. The predicted molar refractivity (Wildman–Crippen MR) is 121 cm³/mol. The average Bonchev–Trinajstić information content (AvgIpc) is 2.93. The molecule has 0 amide bonds. The molecule has 1 saturated heterocycles. The number of rotatable bonds is 4. The van der Waals surface area contributed by atoms with E-state index in [1.165, 1.54) is 20.8 Å². The minimum atomic E-state index is -1.40. The Hall–Kier alpha value is -2.42. The Morgan fingerprint density at radius 3 is 2.37 bits per heavy atom. The van der Waals surface area contributed by atoms with Crippen LogP contribution in [-0.4, -0.2) is 60.5 Å². The van der Waals surface area contributed by atoms with E-state index in [1.54, 1.807) is 0 Å². The van der Waals surface area contributed by atoms with Gasteiger partial charge in [-0.05, 0) is 42.6 Å². The summed E-state index contributed by atoms with van der Waals surface area (Å²) in [4.78, 5) is 49.9. The van der Waals surface area contributed by atoms with Crippen LogP contribution in [0.3, 0.4) is 0 Å². The van der Waals surface area contributed by atoms with Crippen LogP contribution in [0.1, 0.15) is 60.3 Å². The van der Waals surface area contributed by atoms with Gasteiger partial charge in [-0.15, -0.1) is 0 Å². The largest absolute Gasteiger partial charge is 0.466 e. The van der Waals surface area contributed by atoms with Gasteiger partial charge in [-0.1, -0.05) is 20.4 Å². The second-order valence-electron chi connectivity index (χ2n) is 11.4. The first kappa shape index (κ1) is 25.7. The highest BCUT2D eigenvalue weighted by molar-refractivity contribution is 5.82. The molecule has 35 heavy (non-hydrogen) atoms. The van der Waals surface area contributed by atoms with E-state index in [2.05, 4.69) is 6.58 Å². The molecule has 1 aliphatic heterocycles. The number of hydrogen-bond acceptors (Lipinski definition) is 9. The molecular weight excluding hydrogens is 456 g/mol. The zero-order chi connectivity index (χ0) is 25.9. The van der Waals surface area contributed by atoms with Crippen molar-refractivity contribution in [3.63, 3.8) is 0 Å². The first-order chi connectivity index (χ1) is 16.3. The molecule has 0 aromatic rings. The number of carbonyl (C=O) groups excluding carboxylic acids is 4. The van der Waals surface area contributed by atoms with Crippen molar-refractivity contribution in [3.8, 4) is 0 Å². The third-order valence-corrected chi connectivity index (χ3v) is 9.12. The SMILES string of the molecule is C=C1C2CC(OC(C)=O)C3C(C2)(C(=O)OCC32C(OC(C)=O)CCC(C)(C)C2COC(C)=O)C1O. The first-order valence-electron chi connectivity index (χ1n) is 12.3. The van der Waals surface area contributed by atoms with Crippen LogP contribution in [0.15, 0.2) is 12.2 Å². The Morgan fingerprint density at radius 2 is 1.77 bits per heavy atom. The molecule has 8 atom stereocenters. The van der Waals surface area contributed by atoms with Crippen LogP contribution in [0.25, 0.3) is 0 Å². The van der Waals surface area contributed by atoms with Crippen molar-refractivity contribution in [1.82, 2.24) is 0 Å². The highest BCUT2D eigenvalue weighted by atomic mass is 16.6. The van der Waals surface area contributed by atoms with Crippen molar-refractivity contribution in [1.29, 1.82) is 0 Å². The molecule has 2 bridgehead atoms. The van der Waals surface area contributed by atoms with Gasteiger partial charge in [0.05, 0.1) is 18.1 Å². The summed E-state index contributed by atoms with van der Waals surface area (Å²) in [6.45, 7) is 12.0. The van der Waals surface area contributed by atoms with Gasteiger partial charge in [0.1, 0.15) is 24.2 Å². The molecule has 4 aliphatic rings. The lowest BCUT2D eigenvalue weighted by molar-refractivity contribution is -0.277. The molecule has 8 unspecified atom stereocenters. The molecule has 9 nitrogen and oxygen atoms in total. The maximum Gasteiger partial charge on any atom is 0.315 e. The second-order valence-corrected chi connectivity index (χ2v) is 11.4. The number of ether oxygens (including phenoxy) is 4. The topological polar surface area (TPSA) is 125 Å². The summed E-state index contributed by atoms with van der Waals surface area (Å²) in [5.74, 6) is -3.36. The minimum absolute atomic E-state index is 0.0114. The van der Waals surface area contributed by atoms with Gasteiger partial charge >= 0.3 is 23.9 Å². The minimum Gasteiger partial charge on any atom is -0.466 e. The number of carbonyl (C=O) groups is 4. The molecule has 0 aromatic carbocycles. The smallest absolute Gasteiger partial charge is 0.315 e. The van der Waals surface area contributed by atoms with Gasteiger partial charge < -0.3 is 24.1 Å². The van der Waals surface area contributed by atoms with Gasteiger partial charge in [0.15, 0.2) is 0 Å². The lowest BCUT2D eigenvalue weighted by atomic mass is 9.43. The average molecular weight is 493 g/mol. The van der Waals surface area contributed by atoms with Gasteiger partial charge in [-0.25, -0.2) is 0 Å². The lowest BCUT2D eigenvalue weighted by Gasteiger charge is -2.64. The Morgan fingerprint density at radius 1 is 1.11 bits per heavy atom. The van der Waals surface area contributed by atoms with Crippen LogP contribution >= 0.6 is 0 Å². The van der Waals surface area contributed by atoms with Gasteiger partial charge in [-0.2, -0.15) is 0 Å². The molecule has 194 valence electrons. The summed E-state index contributed by atoms with van der Waals surface area (Å²) in [5.41, 5.74) is -2.35. The van der Waals surface area contributed by atoms with E-state index < -0.39 is 70.3 Å². The van der Waals surface area contributed by atoms with E-state index >= 15 is 0 Å². The Labute approximate surface area is 205 Å². The fourth-order valence-electron chi connectivity index (χ4n) is 7.83. The van der Waals surface area contributed by atoms with Crippen molar-refractivity contribution >= 4 is 23.9 Å². The number of aliphatic hydroxyl groups is 1. The van der Waals surface area contributed by atoms with Crippen molar-refractivity contribution in [2.24, 2.45) is 34.0 Å². The Bertz CT molecular complexity index is 954. The van der Waals surface area contributed by atoms with E-state index in [1.807, 2.05) is 13.8 Å². The maximum atomic E-state index is 13.5. The standard InChI is InChI=1S/C26H36O9/c1-13-17-9-18(34-15(3)28)21-25(10-17,22(13)30)23(31)33-12-26(21)19(11-32-14(2)27)24(5,6)8-7-20(26)35-16(4)29/h17-22,30H,1,7-12H2,2-6H3. The molecule has 2 spiro atoms. The van der Waals surface area contributed by atoms with Crippen LogP contribution in [-0.2, 0) is 38.1 Å². The molecule has 9 heteroatoms. The summed E-state index contributed by atoms with van der Waals surface area (Å²) < 4.78 is 23.2. The summed E-state index contributed by atoms with van der Waals surface area (Å²) in [7, 11) is 0. The predicted octanol–water partition coefficient (Wildman–Crippen LogP) is 2.34. The van der Waals surface area contributed by atoms with Crippen molar-refractivity contribution in [2.45, 2.75) is 78.6 Å². The molecule has 3 saturated carbocycles. The van der Waals surface area contributed by atoms with Crippen LogP contribution in [0.4, 0.5) is 0 Å². The van der Waals surface area contributed by atoms with Crippen molar-refractivity contribution in [2.75, 3.05) is 13.2 Å². The van der Waals surface area contributed by atoms with E-state index in [9.17, 15) is 24.3 Å². The number of aliphatic hydroxyl groups excluding tert-OH is 1. The van der Waals surface area contributed by atoms with E-state index in [-0.39, 0.29) is 19.1 Å². The van der Waals surface area contributed by atoms with Gasteiger partial charge in [-0.3, -0.25) is 19.2 Å². The normalized spacial score (nSPS) is 41.5. The van der Waals surface area contributed by atoms with Crippen molar-refractivity contribution < 1.29 is 43.2 Å². The summed E-state index contributed by atoms with van der Waals surface area (Å²) in [5, 5.41) is 11.5. The van der Waals surface area contributed by atoms with Gasteiger partial charge in [0.2, 0.25) is 0 Å². The third kappa shape index (κ3) is 3.77. The van der Waals surface area contributed by atoms with Crippen LogP contribution < -0.4 is 0 Å². The molecular formula is C26H36O9. The molecule has 1 heterocycles. The summed E-state index contributed by atoms with van der Waals surface area (Å²) in [6, 6.07) is 0. The molecule has 4 fully saturated rings. The zero-order valence-electron chi connectivity index (χ0n) is 21.1. The zero-order valence-corrected chi connectivity index (χ0v) is 21.1. The second kappa shape index (κ2) is 8.61. The fraction of sp³-hybridized carbons (Fsp3) is 0.769. The van der Waals surface area contributed by atoms with Gasteiger partial charge in [0, 0.05) is 32.6 Å². The fourth-order valence-corrected chi connectivity index (χ4v) is 7.83.